The van der Waals surface area contributed by atoms with Gasteiger partial charge >= 0.3 is 6.18 Å². The van der Waals surface area contributed by atoms with E-state index in [9.17, 15) is 13.2 Å². The van der Waals surface area contributed by atoms with E-state index in [-0.39, 0.29) is 5.92 Å². The molecule has 0 amide bonds. The molecule has 1 rings (SSSR count). The second kappa shape index (κ2) is 4.34. The van der Waals surface area contributed by atoms with Crippen LogP contribution >= 0.6 is 23.5 Å². The average Bonchev–Trinajstić information content (AvgIpc) is 2.03. The molecule has 0 radical (unpaired) electrons. The summed E-state index contributed by atoms with van der Waals surface area (Å²) in [6, 6.07) is 0. The molecule has 1 aliphatic heterocycles. The zero-order chi connectivity index (χ0) is 10.1. The Morgan fingerprint density at radius 1 is 1.23 bits per heavy atom. The van der Waals surface area contributed by atoms with Gasteiger partial charge in [0.1, 0.15) is 0 Å². The van der Waals surface area contributed by atoms with Crippen LogP contribution in [-0.2, 0) is 0 Å². The summed E-state index contributed by atoms with van der Waals surface area (Å²) in [5.74, 6) is -0.0600. The zero-order valence-corrected chi connectivity index (χ0v) is 9.23. The fraction of sp³-hybridized carbons (Fsp3) is 1.00. The van der Waals surface area contributed by atoms with Crippen LogP contribution in [0.1, 0.15) is 13.8 Å². The topological polar surface area (TPSA) is 0 Å². The van der Waals surface area contributed by atoms with Crippen LogP contribution < -0.4 is 0 Å². The van der Waals surface area contributed by atoms with E-state index in [4.69, 9.17) is 0 Å². The Kier molecular flexibility index (Phi) is 3.86. The molecule has 0 saturated carbocycles. The molecule has 0 spiro atoms. The van der Waals surface area contributed by atoms with Crippen molar-refractivity contribution >= 4 is 23.5 Å². The molecule has 1 fully saturated rings. The van der Waals surface area contributed by atoms with Gasteiger partial charge in [-0.25, -0.2) is 0 Å². The largest absolute Gasteiger partial charge is 0.391 e. The third-order valence-corrected chi connectivity index (χ3v) is 5.31. The van der Waals surface area contributed by atoms with Gasteiger partial charge in [0.05, 0.1) is 5.92 Å². The third-order valence-electron chi connectivity index (χ3n) is 2.31. The standard InChI is InChI=1S/C8H13F3S2/c1-5(8(9,10)11)7-3-12-6(2)13-4-7/h5-7H,3-4H2,1-2H3. The molecular weight excluding hydrogens is 217 g/mol. The number of hydrogen-bond donors (Lipinski definition) is 0. The van der Waals surface area contributed by atoms with Gasteiger partial charge in [0.15, 0.2) is 0 Å². The molecule has 0 aliphatic carbocycles. The molecule has 1 unspecified atom stereocenters. The van der Waals surface area contributed by atoms with E-state index in [0.717, 1.165) is 0 Å². The van der Waals surface area contributed by atoms with Gasteiger partial charge in [0.2, 0.25) is 0 Å². The lowest BCUT2D eigenvalue weighted by atomic mass is 9.97. The molecule has 1 heterocycles. The maximum atomic E-state index is 12.3. The molecule has 0 N–H and O–H groups in total. The normalized spacial score (nSPS) is 33.0. The summed E-state index contributed by atoms with van der Waals surface area (Å²) in [7, 11) is 0. The molecule has 13 heavy (non-hydrogen) atoms. The van der Waals surface area contributed by atoms with E-state index in [1.165, 1.54) is 6.92 Å². The second-order valence-electron chi connectivity index (χ2n) is 3.32. The molecule has 1 atom stereocenters. The molecule has 1 saturated heterocycles. The summed E-state index contributed by atoms with van der Waals surface area (Å²) in [6.07, 6.45) is -4.02. The Bertz CT molecular complexity index is 161. The van der Waals surface area contributed by atoms with Crippen molar-refractivity contribution < 1.29 is 13.2 Å². The van der Waals surface area contributed by atoms with E-state index in [0.29, 0.717) is 16.1 Å². The highest BCUT2D eigenvalue weighted by Crippen LogP contribution is 2.41. The van der Waals surface area contributed by atoms with Gasteiger partial charge in [0, 0.05) is 4.58 Å². The van der Waals surface area contributed by atoms with E-state index in [2.05, 4.69) is 0 Å². The van der Waals surface area contributed by atoms with Crippen LogP contribution in [0.4, 0.5) is 13.2 Å². The van der Waals surface area contributed by atoms with Gasteiger partial charge in [-0.3, -0.25) is 0 Å². The zero-order valence-electron chi connectivity index (χ0n) is 7.60. The predicted octanol–water partition coefficient (Wildman–Crippen LogP) is 3.63. The summed E-state index contributed by atoms with van der Waals surface area (Å²) >= 11 is 3.27. The lowest BCUT2D eigenvalue weighted by Gasteiger charge is -2.31. The highest BCUT2D eigenvalue weighted by atomic mass is 32.2. The summed E-state index contributed by atoms with van der Waals surface area (Å²) in [4.78, 5) is 0. The molecule has 1 aliphatic rings. The molecule has 0 aromatic rings. The van der Waals surface area contributed by atoms with Crippen molar-refractivity contribution in [2.45, 2.75) is 24.6 Å². The van der Waals surface area contributed by atoms with Crippen LogP contribution in [0, 0.1) is 11.8 Å². The van der Waals surface area contributed by atoms with Gasteiger partial charge in [-0.1, -0.05) is 6.92 Å². The Hall–Kier alpha value is 0.490. The van der Waals surface area contributed by atoms with Crippen molar-refractivity contribution in [3.8, 4) is 0 Å². The Morgan fingerprint density at radius 2 is 1.69 bits per heavy atom. The summed E-state index contributed by atoms with van der Waals surface area (Å²) in [5.41, 5.74) is 0. The SMILES string of the molecule is CC1SCC(C(C)C(F)(F)F)CS1. The Labute approximate surface area is 85.0 Å². The van der Waals surface area contributed by atoms with Crippen molar-refractivity contribution in [2.24, 2.45) is 11.8 Å². The molecule has 78 valence electrons. The number of hydrogen-bond acceptors (Lipinski definition) is 2. The molecular formula is C8H13F3S2. The average molecular weight is 230 g/mol. The smallest absolute Gasteiger partial charge is 0.171 e. The number of halogens is 3. The maximum Gasteiger partial charge on any atom is 0.391 e. The minimum Gasteiger partial charge on any atom is -0.171 e. The Morgan fingerprint density at radius 3 is 2.08 bits per heavy atom. The van der Waals surface area contributed by atoms with Crippen LogP contribution in [-0.4, -0.2) is 22.3 Å². The fourth-order valence-corrected chi connectivity index (χ4v) is 4.03. The third kappa shape index (κ3) is 3.27. The fourth-order valence-electron chi connectivity index (χ4n) is 1.17. The van der Waals surface area contributed by atoms with E-state index in [1.54, 1.807) is 23.5 Å². The highest BCUT2D eigenvalue weighted by molar-refractivity contribution is 8.17. The summed E-state index contributed by atoms with van der Waals surface area (Å²) in [5, 5.41) is 0. The van der Waals surface area contributed by atoms with Gasteiger partial charge in [-0.15, -0.1) is 23.5 Å². The maximum absolute atomic E-state index is 12.3. The first-order chi connectivity index (χ1) is 5.91. The van der Waals surface area contributed by atoms with Gasteiger partial charge < -0.3 is 0 Å². The number of alkyl halides is 3. The minimum atomic E-state index is -4.02. The first-order valence-electron chi connectivity index (χ1n) is 4.21. The van der Waals surface area contributed by atoms with Crippen molar-refractivity contribution in [1.82, 2.24) is 0 Å². The lowest BCUT2D eigenvalue weighted by Crippen LogP contribution is -2.33. The second-order valence-corrected chi connectivity index (χ2v) is 6.37. The van der Waals surface area contributed by atoms with Crippen LogP contribution in [0.3, 0.4) is 0 Å². The highest BCUT2D eigenvalue weighted by Gasteiger charge is 2.42. The Balaban J connectivity index is 2.45. The van der Waals surface area contributed by atoms with Crippen molar-refractivity contribution in [1.29, 1.82) is 0 Å². The van der Waals surface area contributed by atoms with Crippen LogP contribution in [0.15, 0.2) is 0 Å². The van der Waals surface area contributed by atoms with Gasteiger partial charge in [-0.2, -0.15) is 13.2 Å². The van der Waals surface area contributed by atoms with Crippen LogP contribution in [0.5, 0.6) is 0 Å². The first-order valence-corrected chi connectivity index (χ1v) is 6.31. The summed E-state index contributed by atoms with van der Waals surface area (Å²) in [6.45, 7) is 3.34. The first kappa shape index (κ1) is 11.6. The van der Waals surface area contributed by atoms with E-state index < -0.39 is 12.1 Å². The lowest BCUT2D eigenvalue weighted by molar-refractivity contribution is -0.179. The van der Waals surface area contributed by atoms with Crippen molar-refractivity contribution in [2.75, 3.05) is 11.5 Å². The number of rotatable bonds is 1. The van der Waals surface area contributed by atoms with E-state index in [1.807, 2.05) is 6.92 Å². The quantitative estimate of drug-likeness (QED) is 0.674. The molecule has 0 aromatic carbocycles. The van der Waals surface area contributed by atoms with Gasteiger partial charge in [0.25, 0.3) is 0 Å². The van der Waals surface area contributed by atoms with Crippen molar-refractivity contribution in [3.05, 3.63) is 0 Å². The van der Waals surface area contributed by atoms with Crippen molar-refractivity contribution in [3.63, 3.8) is 0 Å². The minimum absolute atomic E-state index is 0.203. The molecule has 0 bridgehead atoms. The van der Waals surface area contributed by atoms with Crippen LogP contribution in [0.25, 0.3) is 0 Å². The number of thioether (sulfide) groups is 2. The van der Waals surface area contributed by atoms with E-state index >= 15 is 0 Å². The molecule has 0 nitrogen and oxygen atoms in total. The van der Waals surface area contributed by atoms with Crippen LogP contribution in [0.2, 0.25) is 0 Å². The monoisotopic (exact) mass is 230 g/mol. The summed E-state index contributed by atoms with van der Waals surface area (Å²) < 4.78 is 37.4. The predicted molar refractivity (Wildman–Crippen MR) is 53.1 cm³/mol. The molecule has 5 heteroatoms. The van der Waals surface area contributed by atoms with Gasteiger partial charge in [-0.05, 0) is 24.3 Å². The molecule has 0 aromatic heterocycles.